The second-order valence-corrected chi connectivity index (χ2v) is 35.2. The van der Waals surface area contributed by atoms with Gasteiger partial charge in [-0.25, -0.2) is 0 Å². The molecule has 484 valence electrons. The summed E-state index contributed by atoms with van der Waals surface area (Å²) in [6.07, 6.45) is 48.9. The zero-order valence-electron chi connectivity index (χ0n) is 56.0. The number of fused-ring (bicyclic) bond motifs is 20. The predicted octanol–water partition coefficient (Wildman–Crippen LogP) is 32.4. The first-order chi connectivity index (χ1) is 45.5. The van der Waals surface area contributed by atoms with Crippen molar-refractivity contribution in [2.24, 2.45) is 0 Å². The molecule has 0 saturated carbocycles. The molecular weight excluding hydrogens is 1270 g/mol. The van der Waals surface area contributed by atoms with Crippen LogP contribution in [-0.4, -0.2) is 0 Å². The first-order valence-electron chi connectivity index (χ1n) is 36.7. The molecule has 0 aliphatic carbocycles. The van der Waals surface area contributed by atoms with E-state index in [0.717, 1.165) is 0 Å². The second-order valence-electron chi connectivity index (χ2n) is 27.3. The van der Waals surface area contributed by atoms with Gasteiger partial charge in [-0.3, -0.25) is 0 Å². The third kappa shape index (κ3) is 14.9. The summed E-state index contributed by atoms with van der Waals surface area (Å²) in [6, 6.07) is 29.9. The third-order valence-electron chi connectivity index (χ3n) is 20.4. The fraction of sp³-hybridized carbons (Fsp3) is 0.476. The molecule has 0 bridgehead atoms. The van der Waals surface area contributed by atoms with Crippen LogP contribution in [0.2, 0.25) is 0 Å². The molecule has 0 saturated heterocycles. The molecule has 0 spiro atoms. The van der Waals surface area contributed by atoms with Gasteiger partial charge in [-0.1, -0.05) is 207 Å². The summed E-state index contributed by atoms with van der Waals surface area (Å²) in [5.41, 5.74) is 6.31. The third-order valence-corrected chi connectivity index (χ3v) is 29.4. The Labute approximate surface area is 581 Å². The fourth-order valence-electron chi connectivity index (χ4n) is 15.4. The molecule has 14 aromatic rings. The highest BCUT2D eigenvalue weighted by molar-refractivity contribution is 7.33. The van der Waals surface area contributed by atoms with Crippen molar-refractivity contribution in [1.29, 1.82) is 0 Å². The van der Waals surface area contributed by atoms with Crippen molar-refractivity contribution in [3.05, 3.63) is 117 Å². The SMILES string of the molecule is CCCCCCCCCCc1cc2ccsc2c2sc3cc4c(cc3c12)sc1c2sccc2cc(CCCCCCCCCC)c41.CCCCCCCCCCc1cc2ccsc2c2sc3cc4c(cc3c12)sc1c2sccc2cc(CCCCCCCCCC)c41. The maximum atomic E-state index is 2.59. The molecule has 6 aromatic carbocycles. The molecule has 0 fully saturated rings. The van der Waals surface area contributed by atoms with Gasteiger partial charge in [0, 0.05) is 61.9 Å². The molecule has 0 radical (unpaired) electrons. The van der Waals surface area contributed by atoms with Crippen LogP contribution in [0.15, 0.2) is 94.3 Å². The number of unbranched alkanes of at least 4 members (excludes halogenated alkanes) is 28. The van der Waals surface area contributed by atoms with Crippen LogP contribution in [0.1, 0.15) is 255 Å². The minimum absolute atomic E-state index is 1.20. The van der Waals surface area contributed by atoms with Gasteiger partial charge in [-0.05, 0) is 189 Å². The molecule has 0 aliphatic heterocycles. The van der Waals surface area contributed by atoms with Crippen LogP contribution in [0.25, 0.3) is 121 Å². The molecule has 0 unspecified atom stereocenters. The second kappa shape index (κ2) is 32.9. The van der Waals surface area contributed by atoms with E-state index >= 15 is 0 Å². The van der Waals surface area contributed by atoms with Gasteiger partial charge in [-0.15, -0.1) is 90.7 Å². The summed E-state index contributed by atoms with van der Waals surface area (Å²) in [7, 11) is 0. The Kier molecular flexibility index (Phi) is 23.8. The van der Waals surface area contributed by atoms with Gasteiger partial charge in [-0.2, -0.15) is 0 Å². The Hall–Kier alpha value is -3.96. The van der Waals surface area contributed by atoms with Crippen molar-refractivity contribution in [2.45, 2.75) is 259 Å². The van der Waals surface area contributed by atoms with Crippen LogP contribution in [0.4, 0.5) is 0 Å². The molecule has 92 heavy (non-hydrogen) atoms. The van der Waals surface area contributed by atoms with Crippen molar-refractivity contribution >= 4 is 212 Å². The molecule has 0 nitrogen and oxygen atoms in total. The van der Waals surface area contributed by atoms with Gasteiger partial charge in [0.15, 0.2) is 0 Å². The highest BCUT2D eigenvalue weighted by Crippen LogP contribution is 2.51. The monoisotopic (exact) mass is 1360 g/mol. The highest BCUT2D eigenvalue weighted by Gasteiger charge is 2.22. The van der Waals surface area contributed by atoms with Crippen LogP contribution in [0.3, 0.4) is 0 Å². The van der Waals surface area contributed by atoms with Crippen LogP contribution in [0, 0.1) is 0 Å². The van der Waals surface area contributed by atoms with Crippen molar-refractivity contribution in [2.75, 3.05) is 0 Å². The molecule has 8 heteroatoms. The zero-order chi connectivity index (χ0) is 62.6. The van der Waals surface area contributed by atoms with Crippen LogP contribution < -0.4 is 0 Å². The Bertz CT molecular complexity index is 4090. The average molecular weight is 1370 g/mol. The van der Waals surface area contributed by atoms with E-state index in [2.05, 4.69) is 167 Å². The van der Waals surface area contributed by atoms with Crippen molar-refractivity contribution in [3.63, 3.8) is 0 Å². The van der Waals surface area contributed by atoms with Gasteiger partial charge >= 0.3 is 0 Å². The first-order valence-corrected chi connectivity index (χ1v) is 43.5. The molecular formula is C84H100S8. The topological polar surface area (TPSA) is 0 Å². The Morgan fingerprint density at radius 3 is 0.620 bits per heavy atom. The van der Waals surface area contributed by atoms with Crippen LogP contribution in [0.5, 0.6) is 0 Å². The van der Waals surface area contributed by atoms with E-state index in [1.807, 2.05) is 45.3 Å². The zero-order valence-corrected chi connectivity index (χ0v) is 62.5. The van der Waals surface area contributed by atoms with Crippen molar-refractivity contribution < 1.29 is 0 Å². The average Bonchev–Trinajstić information content (AvgIpc) is 1.58. The molecule has 0 amide bonds. The standard InChI is InChI=1S/2C42H50S4/c2*1-3-5-7-9-11-13-15-17-19-29-25-31-21-23-43-39(31)41-37(29)33-27-36-34(28-35(33)45-41)38-30(20-18-16-14-12-10-8-6-4-2)26-32-22-24-44-40(32)42(38)46-36/h2*21-28H,3-20H2,1-2H3. The first kappa shape index (κ1) is 66.6. The van der Waals surface area contributed by atoms with Crippen molar-refractivity contribution in [1.82, 2.24) is 0 Å². The number of hydrogen-bond acceptors (Lipinski definition) is 8. The van der Waals surface area contributed by atoms with Gasteiger partial charge in [0.25, 0.3) is 0 Å². The van der Waals surface area contributed by atoms with E-state index in [9.17, 15) is 0 Å². The normalized spacial score (nSPS) is 12.4. The molecule has 0 aliphatic rings. The van der Waals surface area contributed by atoms with Crippen LogP contribution in [-0.2, 0) is 25.7 Å². The Balaban J connectivity index is 0.000000168. The lowest BCUT2D eigenvalue weighted by Crippen LogP contribution is -1.89. The largest absolute Gasteiger partial charge is 0.142 e. The van der Waals surface area contributed by atoms with E-state index in [-0.39, 0.29) is 0 Å². The van der Waals surface area contributed by atoms with E-state index in [0.29, 0.717) is 0 Å². The van der Waals surface area contributed by atoms with E-state index in [1.165, 1.54) is 331 Å². The summed E-state index contributed by atoms with van der Waals surface area (Å²) in [5.74, 6) is 0. The quantitative estimate of drug-likeness (QED) is 0.0343. The summed E-state index contributed by atoms with van der Waals surface area (Å²) < 4.78 is 18.0. The van der Waals surface area contributed by atoms with Crippen molar-refractivity contribution in [3.8, 4) is 0 Å². The summed E-state index contributed by atoms with van der Waals surface area (Å²) >= 11 is 15.9. The molecule has 8 aromatic heterocycles. The summed E-state index contributed by atoms with van der Waals surface area (Å²) in [5, 5.41) is 27.2. The smallest absolute Gasteiger partial charge is 0.0536 e. The molecule has 8 heterocycles. The number of hydrogen-bond donors (Lipinski definition) is 0. The molecule has 0 atom stereocenters. The fourth-order valence-corrected chi connectivity index (χ4v) is 24.6. The van der Waals surface area contributed by atoms with Gasteiger partial charge in [0.1, 0.15) is 0 Å². The summed E-state index contributed by atoms with van der Waals surface area (Å²) in [6.45, 7) is 9.24. The maximum Gasteiger partial charge on any atom is 0.0536 e. The Morgan fingerprint density at radius 1 is 0.217 bits per heavy atom. The number of thiophene rings is 8. The van der Waals surface area contributed by atoms with E-state index in [4.69, 9.17) is 0 Å². The molecule has 0 N–H and O–H groups in total. The van der Waals surface area contributed by atoms with Gasteiger partial charge < -0.3 is 0 Å². The minimum Gasteiger partial charge on any atom is -0.142 e. The lowest BCUT2D eigenvalue weighted by molar-refractivity contribution is 0.576. The Morgan fingerprint density at radius 2 is 0.413 bits per heavy atom. The summed E-state index contributed by atoms with van der Waals surface area (Å²) in [4.78, 5) is 0. The molecule has 14 rings (SSSR count). The number of aryl methyl sites for hydroxylation is 4. The number of benzene rings is 6. The lowest BCUT2D eigenvalue weighted by Gasteiger charge is -2.07. The van der Waals surface area contributed by atoms with E-state index < -0.39 is 0 Å². The number of rotatable bonds is 36. The van der Waals surface area contributed by atoms with Gasteiger partial charge in [0.2, 0.25) is 0 Å². The maximum absolute atomic E-state index is 2.59. The van der Waals surface area contributed by atoms with Crippen LogP contribution >= 0.6 is 90.7 Å². The predicted molar refractivity (Wildman–Crippen MR) is 431 cm³/mol. The lowest BCUT2D eigenvalue weighted by atomic mass is 9.97. The van der Waals surface area contributed by atoms with E-state index in [1.54, 1.807) is 43.8 Å². The van der Waals surface area contributed by atoms with Gasteiger partial charge in [0.05, 0.1) is 37.6 Å². The minimum atomic E-state index is 1.20. The highest BCUT2D eigenvalue weighted by atomic mass is 32.1.